The van der Waals surface area contributed by atoms with Crippen LogP contribution in [-0.2, 0) is 8.37 Å². The highest BCUT2D eigenvalue weighted by Crippen LogP contribution is 2.46. The molecule has 3 heterocycles. The molecule has 0 radical (unpaired) electrons. The second kappa shape index (κ2) is 10.5. The van der Waals surface area contributed by atoms with Crippen molar-refractivity contribution >= 4 is 11.2 Å². The molecule has 0 saturated carbocycles. The molecule has 2 aliphatic rings. The molecule has 2 fully saturated rings. The van der Waals surface area contributed by atoms with Gasteiger partial charge in [0.25, 0.3) is 0 Å². The van der Waals surface area contributed by atoms with E-state index in [2.05, 4.69) is 28.7 Å². The highest BCUT2D eigenvalue weighted by molar-refractivity contribution is 8.16. The van der Waals surface area contributed by atoms with Gasteiger partial charge in [0.2, 0.25) is 22.9 Å². The van der Waals surface area contributed by atoms with Gasteiger partial charge < -0.3 is 14.4 Å². The van der Waals surface area contributed by atoms with Crippen molar-refractivity contribution in [1.82, 2.24) is 14.9 Å². The summed E-state index contributed by atoms with van der Waals surface area (Å²) in [6.07, 6.45) is 3.58. The smallest absolute Gasteiger partial charge is 0.229 e. The number of hydrogen-bond donors (Lipinski definition) is 2. The Kier molecular flexibility index (Phi) is 7.72. The summed E-state index contributed by atoms with van der Waals surface area (Å²) in [5, 5.41) is 0. The lowest BCUT2D eigenvalue weighted by molar-refractivity contribution is 0.0897. The first kappa shape index (κ1) is 24.2. The minimum absolute atomic E-state index is 0.0771. The van der Waals surface area contributed by atoms with Gasteiger partial charge in [0.15, 0.2) is 0 Å². The van der Waals surface area contributed by atoms with Crippen molar-refractivity contribution in [3.63, 3.8) is 0 Å². The maximum atomic E-state index is 9.39. The summed E-state index contributed by atoms with van der Waals surface area (Å²) in [6.45, 7) is 9.98. The van der Waals surface area contributed by atoms with Gasteiger partial charge in [-0.2, -0.15) is 0 Å². The molecule has 0 bridgehead atoms. The van der Waals surface area contributed by atoms with E-state index in [0.29, 0.717) is 23.4 Å². The minimum atomic E-state index is -3.35. The number of rotatable bonds is 7. The molecule has 9 nitrogen and oxygen atoms in total. The summed E-state index contributed by atoms with van der Waals surface area (Å²) < 4.78 is 40.9. The summed E-state index contributed by atoms with van der Waals surface area (Å²) >= 11 is -3.35. The van der Waals surface area contributed by atoms with Crippen LogP contribution in [0.4, 0.5) is 0 Å². The summed E-state index contributed by atoms with van der Waals surface area (Å²) in [6, 6.07) is 7.49. The quantitative estimate of drug-likeness (QED) is 0.580. The molecular weight excluding hydrogens is 446 g/mol. The predicted octanol–water partition coefficient (Wildman–Crippen LogP) is 4.79. The largest absolute Gasteiger partial charge is 0.474 e. The van der Waals surface area contributed by atoms with Gasteiger partial charge >= 0.3 is 0 Å². The maximum Gasteiger partial charge on any atom is 0.229 e. The zero-order valence-corrected chi connectivity index (χ0v) is 20.2. The van der Waals surface area contributed by atoms with Crippen LogP contribution in [0.2, 0.25) is 0 Å². The molecule has 0 spiro atoms. The Labute approximate surface area is 196 Å². The van der Waals surface area contributed by atoms with E-state index in [1.165, 1.54) is 6.33 Å². The number of likely N-dealkylation sites (tertiary alicyclic amines) is 1. The summed E-state index contributed by atoms with van der Waals surface area (Å²) in [7, 11) is 0. The fourth-order valence-electron chi connectivity index (χ4n) is 4.06. The lowest BCUT2D eigenvalue weighted by Gasteiger charge is -2.33. The van der Waals surface area contributed by atoms with Crippen molar-refractivity contribution in [3.8, 4) is 17.5 Å². The average molecular weight is 480 g/mol. The van der Waals surface area contributed by atoms with Crippen molar-refractivity contribution < 1.29 is 26.9 Å². The molecule has 2 aliphatic heterocycles. The normalized spacial score (nSPS) is 21.2. The highest BCUT2D eigenvalue weighted by atomic mass is 32.3. The zero-order chi connectivity index (χ0) is 23.4. The molecule has 1 aromatic heterocycles. The molecule has 2 saturated heterocycles. The Morgan fingerprint density at radius 2 is 1.70 bits per heavy atom. The second-order valence-corrected chi connectivity index (χ2v) is 10.4. The van der Waals surface area contributed by atoms with E-state index < -0.39 is 11.2 Å². The number of aromatic nitrogens is 2. The minimum Gasteiger partial charge on any atom is -0.474 e. The highest BCUT2D eigenvalue weighted by Gasteiger charge is 2.30. The van der Waals surface area contributed by atoms with Crippen molar-refractivity contribution in [3.05, 3.63) is 41.7 Å². The van der Waals surface area contributed by atoms with E-state index in [0.717, 1.165) is 43.6 Å². The maximum absolute atomic E-state index is 9.39. The van der Waals surface area contributed by atoms with Crippen LogP contribution in [0.15, 0.2) is 30.6 Å². The van der Waals surface area contributed by atoms with Gasteiger partial charge in [0.05, 0.1) is 18.8 Å². The summed E-state index contributed by atoms with van der Waals surface area (Å²) in [5.74, 6) is 2.26. The van der Waals surface area contributed by atoms with Gasteiger partial charge in [-0.3, -0.25) is 17.5 Å². The predicted molar refractivity (Wildman–Crippen MR) is 126 cm³/mol. The van der Waals surface area contributed by atoms with E-state index in [9.17, 15) is 9.11 Å². The topological polar surface area (TPSA) is 106 Å². The van der Waals surface area contributed by atoms with Gasteiger partial charge in [-0.25, -0.2) is 9.97 Å². The molecule has 10 heteroatoms. The summed E-state index contributed by atoms with van der Waals surface area (Å²) in [5.41, 5.74) is 1.73. The van der Waals surface area contributed by atoms with Gasteiger partial charge in [-0.1, -0.05) is 26.0 Å². The molecule has 0 atom stereocenters. The van der Waals surface area contributed by atoms with E-state index in [4.69, 9.17) is 17.8 Å². The lowest BCUT2D eigenvalue weighted by Crippen LogP contribution is -2.40. The fraction of sp³-hybridized carbons (Fsp3) is 0.565. The number of hydrogen-bond acceptors (Lipinski definition) is 9. The van der Waals surface area contributed by atoms with Crippen LogP contribution in [0.5, 0.6) is 17.5 Å². The number of nitrogens with zero attached hydrogens (tertiary/aromatic N) is 3. The van der Waals surface area contributed by atoms with E-state index >= 15 is 0 Å². The second-order valence-electron chi connectivity index (χ2n) is 9.01. The van der Waals surface area contributed by atoms with E-state index in [1.54, 1.807) is 0 Å². The van der Waals surface area contributed by atoms with Crippen molar-refractivity contribution in [2.75, 3.05) is 32.8 Å². The van der Waals surface area contributed by atoms with Crippen molar-refractivity contribution in [2.24, 2.45) is 5.92 Å². The van der Waals surface area contributed by atoms with E-state index in [-0.39, 0.29) is 25.2 Å². The van der Waals surface area contributed by atoms with Gasteiger partial charge in [0, 0.05) is 25.6 Å². The molecule has 4 rings (SSSR count). The van der Waals surface area contributed by atoms with Crippen LogP contribution in [-0.4, -0.2) is 62.9 Å². The average Bonchev–Trinajstić information content (AvgIpc) is 2.78. The molecule has 0 amide bonds. The number of piperidine rings is 1. The molecule has 2 N–H and O–H groups in total. The van der Waals surface area contributed by atoms with Gasteiger partial charge in [0.1, 0.15) is 18.2 Å². The standard InChI is InChI=1S/C23H33N3O6S/c1-16(2)12-26-10-8-21(9-11-26)32-23-17(3)22(24-15-25-23)31-20-6-4-18(5-7-20)19-13-29-33(27,28)30-14-19/h4-7,15-16,19,21,27-28H,8-14H2,1-3H3. The van der Waals surface area contributed by atoms with Crippen LogP contribution in [0, 0.1) is 12.8 Å². The monoisotopic (exact) mass is 479 g/mol. The first-order valence-corrected chi connectivity index (χ1v) is 12.7. The third-order valence-corrected chi connectivity index (χ3v) is 6.73. The Bertz CT molecular complexity index is 909. The zero-order valence-electron chi connectivity index (χ0n) is 19.3. The molecule has 2 aromatic rings. The Hall–Kier alpha value is -1.95. The molecule has 33 heavy (non-hydrogen) atoms. The van der Waals surface area contributed by atoms with Crippen LogP contribution in [0.1, 0.15) is 43.7 Å². The fourth-order valence-corrected chi connectivity index (χ4v) is 4.81. The Morgan fingerprint density at radius 1 is 1.06 bits per heavy atom. The van der Waals surface area contributed by atoms with Gasteiger partial charge in [-0.15, -0.1) is 0 Å². The first-order valence-electron chi connectivity index (χ1n) is 11.3. The Balaban J connectivity index is 1.34. The molecule has 182 valence electrons. The molecular formula is C23H33N3O6S. The van der Waals surface area contributed by atoms with Crippen LogP contribution < -0.4 is 9.47 Å². The Morgan fingerprint density at radius 3 is 2.33 bits per heavy atom. The van der Waals surface area contributed by atoms with Crippen molar-refractivity contribution in [2.45, 2.75) is 45.6 Å². The van der Waals surface area contributed by atoms with Crippen LogP contribution >= 0.6 is 11.2 Å². The SMILES string of the molecule is Cc1c(Oc2ccc(C3COS(O)(O)OC3)cc2)ncnc1OC1CCN(CC(C)C)CC1. The lowest BCUT2D eigenvalue weighted by atomic mass is 10.0. The third-order valence-electron chi connectivity index (χ3n) is 5.84. The van der Waals surface area contributed by atoms with Crippen LogP contribution in [0.3, 0.4) is 0 Å². The third kappa shape index (κ3) is 6.56. The summed E-state index contributed by atoms with van der Waals surface area (Å²) in [4.78, 5) is 11.1. The molecule has 1 aromatic carbocycles. The van der Waals surface area contributed by atoms with Gasteiger partial charge in [-0.05, 0) is 43.4 Å². The number of benzene rings is 1. The van der Waals surface area contributed by atoms with Crippen LogP contribution in [0.25, 0.3) is 0 Å². The molecule has 0 aliphatic carbocycles. The molecule has 0 unspecified atom stereocenters. The first-order chi connectivity index (χ1) is 15.8. The van der Waals surface area contributed by atoms with E-state index in [1.807, 2.05) is 31.2 Å². The van der Waals surface area contributed by atoms with Crippen molar-refractivity contribution in [1.29, 1.82) is 0 Å². The number of ether oxygens (including phenoxy) is 2.